The van der Waals surface area contributed by atoms with E-state index in [2.05, 4.69) is 5.16 Å². The van der Waals surface area contributed by atoms with E-state index in [0.717, 1.165) is 11.1 Å². The third-order valence-electron chi connectivity index (χ3n) is 4.51. The maximum Gasteiger partial charge on any atom is 0.220 e. The Kier molecular flexibility index (Phi) is 4.28. The maximum atomic E-state index is 13.4. The van der Waals surface area contributed by atoms with Gasteiger partial charge in [-0.3, -0.25) is 9.79 Å². The summed E-state index contributed by atoms with van der Waals surface area (Å²) in [6, 6.07) is 10.8. The summed E-state index contributed by atoms with van der Waals surface area (Å²) in [7, 11) is 0. The minimum atomic E-state index is -0.651. The number of rotatable bonds is 3. The molecule has 0 spiro atoms. The molecule has 3 aromatic rings. The zero-order chi connectivity index (χ0) is 19.1. The molecule has 0 unspecified atom stereocenters. The molecule has 1 amide bonds. The number of aryl methyl sites for hydroxylation is 1. The molecule has 0 aliphatic carbocycles. The van der Waals surface area contributed by atoms with E-state index >= 15 is 0 Å². The number of aliphatic imine (C=N–C) groups is 1. The number of benzene rings is 2. The van der Waals surface area contributed by atoms with Gasteiger partial charge in [0.2, 0.25) is 5.91 Å². The Balaban J connectivity index is 2.04. The lowest BCUT2D eigenvalue weighted by atomic mass is 9.93. The van der Waals surface area contributed by atoms with Crippen molar-refractivity contribution in [2.45, 2.75) is 19.4 Å². The zero-order valence-corrected chi connectivity index (χ0v) is 15.1. The van der Waals surface area contributed by atoms with Crippen LogP contribution in [0.5, 0.6) is 0 Å². The first kappa shape index (κ1) is 17.4. The van der Waals surface area contributed by atoms with E-state index in [1.165, 1.54) is 12.1 Å². The minimum Gasteiger partial charge on any atom is -0.370 e. The van der Waals surface area contributed by atoms with E-state index in [4.69, 9.17) is 26.9 Å². The first-order chi connectivity index (χ1) is 13.0. The lowest BCUT2D eigenvalue weighted by Gasteiger charge is -2.13. The fourth-order valence-electron chi connectivity index (χ4n) is 3.35. The van der Waals surface area contributed by atoms with Crippen LogP contribution in [0.3, 0.4) is 0 Å². The smallest absolute Gasteiger partial charge is 0.220 e. The molecular weight excluding hydrogens is 369 g/mol. The molecule has 5 nitrogen and oxygen atoms in total. The molecule has 7 heteroatoms. The first-order valence-electron chi connectivity index (χ1n) is 8.33. The molecule has 136 valence electrons. The SMILES string of the molecule is Cc1noc2c1-c1cccc(Cl)c1C(c1ccc(F)cc1)=N[C@H]2CC(N)=O. The quantitative estimate of drug-likeness (QED) is 0.735. The van der Waals surface area contributed by atoms with Crippen molar-refractivity contribution in [2.24, 2.45) is 10.7 Å². The molecule has 1 aromatic heterocycles. The van der Waals surface area contributed by atoms with Crippen molar-refractivity contribution in [3.05, 3.63) is 75.9 Å². The Hall–Kier alpha value is -2.99. The Morgan fingerprint density at radius 1 is 1.22 bits per heavy atom. The number of nitrogens with two attached hydrogens (primary N) is 1. The molecule has 2 N–H and O–H groups in total. The number of hydrogen-bond acceptors (Lipinski definition) is 4. The number of carbonyl (C=O) groups excluding carboxylic acids is 1. The molecular formula is C20H15ClFN3O2. The summed E-state index contributed by atoms with van der Waals surface area (Å²) in [4.78, 5) is 16.4. The van der Waals surface area contributed by atoms with Crippen molar-refractivity contribution in [1.29, 1.82) is 0 Å². The minimum absolute atomic E-state index is 0.0437. The van der Waals surface area contributed by atoms with E-state index < -0.39 is 11.9 Å². The predicted octanol–water partition coefficient (Wildman–Crippen LogP) is 4.21. The molecule has 2 heterocycles. The number of fused-ring (bicyclic) bond motifs is 3. The highest BCUT2D eigenvalue weighted by Gasteiger charge is 2.32. The van der Waals surface area contributed by atoms with Gasteiger partial charge in [-0.1, -0.05) is 28.9 Å². The van der Waals surface area contributed by atoms with Crippen molar-refractivity contribution in [3.63, 3.8) is 0 Å². The van der Waals surface area contributed by atoms with Crippen LogP contribution in [0.4, 0.5) is 4.39 Å². The van der Waals surface area contributed by atoms with Crippen LogP contribution in [0.15, 0.2) is 52.0 Å². The Bertz CT molecular complexity index is 1070. The Morgan fingerprint density at radius 2 is 1.96 bits per heavy atom. The second-order valence-corrected chi connectivity index (χ2v) is 6.75. The lowest BCUT2D eigenvalue weighted by molar-refractivity contribution is -0.118. The molecule has 2 aromatic carbocycles. The number of halogens is 2. The van der Waals surface area contributed by atoms with Crippen molar-refractivity contribution in [3.8, 4) is 11.1 Å². The average Bonchev–Trinajstić information content (AvgIpc) is 2.94. The number of carbonyl (C=O) groups is 1. The third kappa shape index (κ3) is 3.02. The monoisotopic (exact) mass is 383 g/mol. The topological polar surface area (TPSA) is 81.5 Å². The molecule has 1 atom stereocenters. The lowest BCUT2D eigenvalue weighted by Crippen LogP contribution is -2.15. The van der Waals surface area contributed by atoms with Crippen LogP contribution in [0.25, 0.3) is 11.1 Å². The summed E-state index contributed by atoms with van der Waals surface area (Å²) < 4.78 is 18.9. The van der Waals surface area contributed by atoms with Crippen LogP contribution >= 0.6 is 11.6 Å². The standard InChI is InChI=1S/C20H15ClFN3O2/c1-10-17-13-3-2-4-14(21)18(13)19(11-5-7-12(22)8-6-11)24-15(9-16(23)26)20(17)27-25-10/h2-8,15H,9H2,1H3,(H2,23,26)/t15-/m0/s1. The van der Waals surface area contributed by atoms with Crippen LogP contribution in [0.1, 0.15) is 35.0 Å². The molecule has 0 bridgehead atoms. The van der Waals surface area contributed by atoms with Crippen LogP contribution in [0, 0.1) is 12.7 Å². The molecule has 4 rings (SSSR count). The molecule has 0 saturated carbocycles. The summed E-state index contributed by atoms with van der Waals surface area (Å²) >= 11 is 6.53. The molecule has 0 saturated heterocycles. The van der Waals surface area contributed by atoms with E-state index in [-0.39, 0.29) is 12.2 Å². The highest BCUT2D eigenvalue weighted by atomic mass is 35.5. The number of primary amides is 1. The van der Waals surface area contributed by atoms with E-state index in [9.17, 15) is 9.18 Å². The molecule has 1 aliphatic heterocycles. The van der Waals surface area contributed by atoms with Crippen LogP contribution < -0.4 is 5.73 Å². The second-order valence-electron chi connectivity index (χ2n) is 6.34. The Labute approximate surface area is 159 Å². The highest BCUT2D eigenvalue weighted by molar-refractivity contribution is 6.36. The van der Waals surface area contributed by atoms with Gasteiger partial charge in [0.1, 0.15) is 11.9 Å². The van der Waals surface area contributed by atoms with Gasteiger partial charge in [0.05, 0.1) is 28.4 Å². The summed E-state index contributed by atoms with van der Waals surface area (Å²) in [6.45, 7) is 1.82. The van der Waals surface area contributed by atoms with Gasteiger partial charge in [-0.2, -0.15) is 0 Å². The Morgan fingerprint density at radius 3 is 2.67 bits per heavy atom. The van der Waals surface area contributed by atoms with Crippen molar-refractivity contribution in [1.82, 2.24) is 5.16 Å². The normalized spacial score (nSPS) is 15.5. The summed E-state index contributed by atoms with van der Waals surface area (Å²) in [6.07, 6.45) is -0.0437. The maximum absolute atomic E-state index is 13.4. The van der Waals surface area contributed by atoms with E-state index in [1.54, 1.807) is 18.2 Å². The summed E-state index contributed by atoms with van der Waals surface area (Å²) in [5.74, 6) is -0.404. The van der Waals surface area contributed by atoms with Gasteiger partial charge >= 0.3 is 0 Å². The third-order valence-corrected chi connectivity index (χ3v) is 4.82. The molecule has 0 fully saturated rings. The second kappa shape index (κ2) is 6.63. The summed E-state index contributed by atoms with van der Waals surface area (Å²) in [5, 5.41) is 4.53. The molecule has 27 heavy (non-hydrogen) atoms. The molecule has 0 radical (unpaired) electrons. The molecule has 1 aliphatic rings. The van der Waals surface area contributed by atoms with Gasteiger partial charge in [0.25, 0.3) is 0 Å². The first-order valence-corrected chi connectivity index (χ1v) is 8.71. The fraction of sp³-hybridized carbons (Fsp3) is 0.150. The van der Waals surface area contributed by atoms with Gasteiger partial charge in [0, 0.05) is 11.1 Å². The van der Waals surface area contributed by atoms with Crippen molar-refractivity contribution < 1.29 is 13.7 Å². The van der Waals surface area contributed by atoms with Gasteiger partial charge in [-0.15, -0.1) is 0 Å². The van der Waals surface area contributed by atoms with Gasteiger partial charge in [-0.25, -0.2) is 4.39 Å². The predicted molar refractivity (Wildman–Crippen MR) is 100 cm³/mol. The number of aromatic nitrogens is 1. The van der Waals surface area contributed by atoms with Gasteiger partial charge in [-0.05, 0) is 42.8 Å². The van der Waals surface area contributed by atoms with Crippen molar-refractivity contribution in [2.75, 3.05) is 0 Å². The summed E-state index contributed by atoms with van der Waals surface area (Å²) in [5.41, 5.74) is 9.55. The highest BCUT2D eigenvalue weighted by Crippen LogP contribution is 2.42. The zero-order valence-electron chi connectivity index (χ0n) is 14.4. The van der Waals surface area contributed by atoms with E-state index in [1.807, 2.05) is 19.1 Å². The van der Waals surface area contributed by atoms with Gasteiger partial charge in [0.15, 0.2) is 5.76 Å². The fourth-order valence-corrected chi connectivity index (χ4v) is 3.61. The van der Waals surface area contributed by atoms with E-state index in [0.29, 0.717) is 33.3 Å². The number of hydrogen-bond donors (Lipinski definition) is 1. The van der Waals surface area contributed by atoms with Crippen LogP contribution in [-0.2, 0) is 4.79 Å². The van der Waals surface area contributed by atoms with Crippen molar-refractivity contribution >= 4 is 23.2 Å². The largest absolute Gasteiger partial charge is 0.370 e. The number of amides is 1. The van der Waals surface area contributed by atoms with Crippen LogP contribution in [-0.4, -0.2) is 16.8 Å². The average molecular weight is 384 g/mol. The number of nitrogens with zero attached hydrogens (tertiary/aromatic N) is 2. The van der Waals surface area contributed by atoms with Gasteiger partial charge < -0.3 is 10.3 Å². The van der Waals surface area contributed by atoms with Crippen LogP contribution in [0.2, 0.25) is 5.02 Å².